The van der Waals surface area contributed by atoms with E-state index in [-0.39, 0.29) is 17.6 Å². The molecule has 0 saturated carbocycles. The summed E-state index contributed by atoms with van der Waals surface area (Å²) in [6.45, 7) is 13.3. The maximum atomic E-state index is 12.1. The Kier molecular flexibility index (Phi) is 9.00. The summed E-state index contributed by atoms with van der Waals surface area (Å²) in [5.41, 5.74) is 2.79. The lowest BCUT2D eigenvalue weighted by Crippen LogP contribution is -2.38. The molecule has 2 aromatic rings. The Balaban J connectivity index is 1.96. The van der Waals surface area contributed by atoms with Crippen LogP contribution in [0.4, 0.5) is 0 Å². The number of thiazole rings is 1. The Morgan fingerprint density at radius 2 is 2.00 bits per heavy atom. The first-order valence-corrected chi connectivity index (χ1v) is 11.3. The second kappa shape index (κ2) is 11.2. The molecule has 1 aromatic heterocycles. The van der Waals surface area contributed by atoms with Crippen molar-refractivity contribution in [1.82, 2.24) is 15.6 Å². The van der Waals surface area contributed by atoms with E-state index in [2.05, 4.69) is 59.6 Å². The minimum absolute atomic E-state index is 0.107. The number of carbonyl (C=O) groups is 1. The molecule has 7 nitrogen and oxygen atoms in total. The fourth-order valence-corrected chi connectivity index (χ4v) is 3.73. The molecule has 0 fully saturated rings. The van der Waals surface area contributed by atoms with Gasteiger partial charge >= 0.3 is 5.97 Å². The van der Waals surface area contributed by atoms with Crippen molar-refractivity contribution in [2.24, 2.45) is 4.99 Å². The molecule has 1 aromatic carbocycles. The van der Waals surface area contributed by atoms with Crippen LogP contribution in [-0.2, 0) is 22.6 Å². The molecule has 1 atom stereocenters. The summed E-state index contributed by atoms with van der Waals surface area (Å²) in [7, 11) is 1.73. The van der Waals surface area contributed by atoms with Gasteiger partial charge < -0.3 is 20.1 Å². The fourth-order valence-electron chi connectivity index (χ4n) is 2.77. The van der Waals surface area contributed by atoms with Crippen molar-refractivity contribution in [3.05, 3.63) is 51.0 Å². The van der Waals surface area contributed by atoms with E-state index in [9.17, 15) is 4.79 Å². The Bertz CT molecular complexity index is 902. The molecule has 1 heterocycles. The standard InChI is InChI=1S/C23H34N4O3S/c1-8-29-21(28)19-15(2)26-20(31-19)16(3)27-22(24-7)25-13-17-10-9-11-18(12-17)14-30-23(4,5)6/h9-12,16H,8,13-14H2,1-7H3,(H2,24,25,27). The number of aliphatic imine (C=N–C) groups is 1. The van der Waals surface area contributed by atoms with Crippen molar-refractivity contribution >= 4 is 23.3 Å². The van der Waals surface area contributed by atoms with E-state index in [1.54, 1.807) is 14.0 Å². The largest absolute Gasteiger partial charge is 0.462 e. The zero-order valence-corrected chi connectivity index (χ0v) is 20.4. The molecule has 0 aliphatic carbocycles. The molecule has 0 bridgehead atoms. The zero-order valence-electron chi connectivity index (χ0n) is 19.5. The predicted molar refractivity (Wildman–Crippen MR) is 126 cm³/mol. The van der Waals surface area contributed by atoms with Gasteiger partial charge in [0.2, 0.25) is 0 Å². The number of nitrogens with zero attached hydrogens (tertiary/aromatic N) is 2. The van der Waals surface area contributed by atoms with E-state index in [1.165, 1.54) is 11.3 Å². The van der Waals surface area contributed by atoms with Crippen LogP contribution in [0.15, 0.2) is 29.3 Å². The number of aromatic nitrogens is 1. The van der Waals surface area contributed by atoms with Gasteiger partial charge in [-0.15, -0.1) is 11.3 Å². The van der Waals surface area contributed by atoms with Gasteiger partial charge in [0.1, 0.15) is 9.88 Å². The summed E-state index contributed by atoms with van der Waals surface area (Å²) in [5.74, 6) is 0.336. The maximum absolute atomic E-state index is 12.1. The van der Waals surface area contributed by atoms with Gasteiger partial charge in [-0.2, -0.15) is 0 Å². The summed E-state index contributed by atoms with van der Waals surface area (Å²) >= 11 is 1.35. The van der Waals surface area contributed by atoms with Crippen LogP contribution in [0, 0.1) is 6.92 Å². The van der Waals surface area contributed by atoms with Gasteiger partial charge in [0.15, 0.2) is 5.96 Å². The molecule has 1 unspecified atom stereocenters. The van der Waals surface area contributed by atoms with Gasteiger partial charge in [-0.1, -0.05) is 24.3 Å². The third-order valence-electron chi connectivity index (χ3n) is 4.34. The number of guanidine groups is 1. The molecule has 0 amide bonds. The van der Waals surface area contributed by atoms with Crippen molar-refractivity contribution in [1.29, 1.82) is 0 Å². The topological polar surface area (TPSA) is 84.8 Å². The molecule has 2 N–H and O–H groups in total. The second-order valence-electron chi connectivity index (χ2n) is 8.20. The third-order valence-corrected chi connectivity index (χ3v) is 5.66. The van der Waals surface area contributed by atoms with Gasteiger partial charge in [0, 0.05) is 13.6 Å². The molecular weight excluding hydrogens is 412 g/mol. The molecule has 2 rings (SSSR count). The maximum Gasteiger partial charge on any atom is 0.350 e. The highest BCUT2D eigenvalue weighted by Crippen LogP contribution is 2.24. The highest BCUT2D eigenvalue weighted by atomic mass is 32.1. The van der Waals surface area contributed by atoms with Crippen LogP contribution in [-0.4, -0.2) is 36.2 Å². The van der Waals surface area contributed by atoms with E-state index in [4.69, 9.17) is 9.47 Å². The lowest BCUT2D eigenvalue weighted by atomic mass is 10.1. The zero-order chi connectivity index (χ0) is 23.0. The number of benzene rings is 1. The highest BCUT2D eigenvalue weighted by molar-refractivity contribution is 7.13. The molecule has 31 heavy (non-hydrogen) atoms. The average molecular weight is 447 g/mol. The molecule has 0 radical (unpaired) electrons. The van der Waals surface area contributed by atoms with Crippen LogP contribution in [0.1, 0.15) is 72.2 Å². The Labute approximate surface area is 189 Å². The van der Waals surface area contributed by atoms with Crippen LogP contribution >= 0.6 is 11.3 Å². The van der Waals surface area contributed by atoms with E-state index in [0.29, 0.717) is 36.3 Å². The Morgan fingerprint density at radius 1 is 1.29 bits per heavy atom. The monoisotopic (exact) mass is 446 g/mol. The normalized spacial score (nSPS) is 13.1. The van der Waals surface area contributed by atoms with Gasteiger partial charge in [0.25, 0.3) is 0 Å². The van der Waals surface area contributed by atoms with Crippen LogP contribution in [0.2, 0.25) is 0 Å². The van der Waals surface area contributed by atoms with Gasteiger partial charge in [-0.3, -0.25) is 4.99 Å². The second-order valence-corrected chi connectivity index (χ2v) is 9.23. The highest BCUT2D eigenvalue weighted by Gasteiger charge is 2.20. The average Bonchev–Trinajstić information content (AvgIpc) is 3.11. The molecule has 0 spiro atoms. The molecule has 0 saturated heterocycles. The molecule has 0 aliphatic rings. The molecular formula is C23H34N4O3S. The number of esters is 1. The number of aryl methyl sites for hydroxylation is 1. The summed E-state index contributed by atoms with van der Waals surface area (Å²) in [6, 6.07) is 8.19. The van der Waals surface area contributed by atoms with Crippen LogP contribution in [0.5, 0.6) is 0 Å². The van der Waals surface area contributed by atoms with Crippen molar-refractivity contribution in [3.8, 4) is 0 Å². The number of rotatable bonds is 8. The van der Waals surface area contributed by atoms with Gasteiger partial charge in [0.05, 0.1) is 30.6 Å². The van der Waals surface area contributed by atoms with E-state index < -0.39 is 0 Å². The predicted octanol–water partition coefficient (Wildman–Crippen LogP) is 4.37. The van der Waals surface area contributed by atoms with Crippen LogP contribution < -0.4 is 10.6 Å². The Morgan fingerprint density at radius 3 is 2.65 bits per heavy atom. The van der Waals surface area contributed by atoms with E-state index in [0.717, 1.165) is 16.1 Å². The number of carbonyl (C=O) groups excluding carboxylic acids is 1. The fraction of sp³-hybridized carbons (Fsp3) is 0.522. The summed E-state index contributed by atoms with van der Waals surface area (Å²) < 4.78 is 11.0. The smallest absolute Gasteiger partial charge is 0.350 e. The molecule has 170 valence electrons. The van der Waals surface area contributed by atoms with Gasteiger partial charge in [-0.05, 0) is 52.7 Å². The summed E-state index contributed by atoms with van der Waals surface area (Å²) in [4.78, 5) is 21.4. The van der Waals surface area contributed by atoms with Crippen molar-refractivity contribution < 1.29 is 14.3 Å². The first-order chi connectivity index (χ1) is 14.6. The lowest BCUT2D eigenvalue weighted by Gasteiger charge is -2.20. The van der Waals surface area contributed by atoms with Gasteiger partial charge in [-0.25, -0.2) is 9.78 Å². The minimum atomic E-state index is -0.325. The van der Waals surface area contributed by atoms with Crippen LogP contribution in [0.3, 0.4) is 0 Å². The Hall–Kier alpha value is -2.45. The van der Waals surface area contributed by atoms with E-state index in [1.807, 2.05) is 19.9 Å². The first-order valence-electron chi connectivity index (χ1n) is 10.5. The third kappa shape index (κ3) is 7.95. The minimum Gasteiger partial charge on any atom is -0.462 e. The lowest BCUT2D eigenvalue weighted by molar-refractivity contribution is -0.0149. The van der Waals surface area contributed by atoms with E-state index >= 15 is 0 Å². The van der Waals surface area contributed by atoms with Crippen molar-refractivity contribution in [3.63, 3.8) is 0 Å². The number of hydrogen-bond donors (Lipinski definition) is 2. The quantitative estimate of drug-likeness (QED) is 0.356. The van der Waals surface area contributed by atoms with Crippen LogP contribution in [0.25, 0.3) is 0 Å². The van der Waals surface area contributed by atoms with Crippen molar-refractivity contribution in [2.75, 3.05) is 13.7 Å². The molecule has 0 aliphatic heterocycles. The number of ether oxygens (including phenoxy) is 2. The SMILES string of the molecule is CCOC(=O)c1sc(C(C)NC(=NC)NCc2cccc(COC(C)(C)C)c2)nc1C. The number of hydrogen-bond acceptors (Lipinski definition) is 6. The molecule has 8 heteroatoms. The number of nitrogens with one attached hydrogen (secondary N) is 2. The summed E-state index contributed by atoms with van der Waals surface area (Å²) in [6.07, 6.45) is 0. The summed E-state index contributed by atoms with van der Waals surface area (Å²) in [5, 5.41) is 7.48. The first kappa shape index (κ1) is 24.8. The van der Waals surface area contributed by atoms with Crippen molar-refractivity contribution in [2.45, 2.75) is 66.3 Å².